The van der Waals surface area contributed by atoms with Gasteiger partial charge in [0.2, 0.25) is 0 Å². The predicted molar refractivity (Wildman–Crippen MR) is 97.4 cm³/mol. The number of halogens is 1. The van der Waals surface area contributed by atoms with Crippen molar-refractivity contribution in [2.45, 2.75) is 13.5 Å². The molecular formula is C18H13BrN2OS. The Labute approximate surface area is 146 Å². The molecular weight excluding hydrogens is 372 g/mol. The lowest BCUT2D eigenvalue weighted by atomic mass is 10.2. The van der Waals surface area contributed by atoms with Crippen molar-refractivity contribution in [2.75, 3.05) is 0 Å². The quantitative estimate of drug-likeness (QED) is 0.611. The van der Waals surface area contributed by atoms with Crippen LogP contribution in [0.2, 0.25) is 0 Å². The number of thiazole rings is 1. The molecule has 0 fully saturated rings. The molecule has 0 spiro atoms. The van der Waals surface area contributed by atoms with Gasteiger partial charge in [-0.25, -0.2) is 0 Å². The molecule has 0 aliphatic heterocycles. The Hall–Kier alpha value is -2.16. The van der Waals surface area contributed by atoms with E-state index in [1.54, 1.807) is 12.1 Å². The molecule has 0 aliphatic carbocycles. The summed E-state index contributed by atoms with van der Waals surface area (Å²) in [4.78, 5) is 17.4. The maximum Gasteiger partial charge on any atom is 0.279 e. The number of hydrogen-bond acceptors (Lipinski definition) is 2. The number of aryl methyl sites for hydroxylation is 1. The second-order valence-corrected chi connectivity index (χ2v) is 6.95. The number of terminal acetylenes is 1. The first-order valence-electron chi connectivity index (χ1n) is 6.97. The van der Waals surface area contributed by atoms with Crippen molar-refractivity contribution in [3.05, 3.63) is 62.9 Å². The number of amides is 1. The number of hydrogen-bond donors (Lipinski definition) is 0. The van der Waals surface area contributed by atoms with Crippen molar-refractivity contribution in [3.8, 4) is 12.3 Å². The van der Waals surface area contributed by atoms with Gasteiger partial charge in [-0.1, -0.05) is 51.4 Å². The minimum Gasteiger partial charge on any atom is -0.304 e. The van der Waals surface area contributed by atoms with Crippen LogP contribution in [0.5, 0.6) is 0 Å². The fraction of sp³-hybridized carbons (Fsp3) is 0.111. The molecule has 0 bridgehead atoms. The lowest BCUT2D eigenvalue weighted by Gasteiger charge is -2.02. The van der Waals surface area contributed by atoms with Crippen LogP contribution in [0.3, 0.4) is 0 Å². The third-order valence-corrected chi connectivity index (χ3v) is 4.96. The molecule has 23 heavy (non-hydrogen) atoms. The van der Waals surface area contributed by atoms with Crippen molar-refractivity contribution < 1.29 is 4.79 Å². The Kier molecular flexibility index (Phi) is 4.46. The molecule has 114 valence electrons. The maximum atomic E-state index is 12.4. The molecule has 0 radical (unpaired) electrons. The highest BCUT2D eigenvalue weighted by atomic mass is 79.9. The van der Waals surface area contributed by atoms with Crippen molar-refractivity contribution in [1.82, 2.24) is 4.57 Å². The Bertz CT molecular complexity index is 1010. The summed E-state index contributed by atoms with van der Waals surface area (Å²) in [5.41, 5.74) is 2.70. The number of nitrogens with zero attached hydrogens (tertiary/aromatic N) is 2. The molecule has 0 saturated heterocycles. The van der Waals surface area contributed by atoms with Crippen LogP contribution in [-0.2, 0) is 6.54 Å². The van der Waals surface area contributed by atoms with Crippen molar-refractivity contribution in [2.24, 2.45) is 4.99 Å². The zero-order valence-corrected chi connectivity index (χ0v) is 14.8. The largest absolute Gasteiger partial charge is 0.304 e. The van der Waals surface area contributed by atoms with E-state index in [0.717, 1.165) is 20.3 Å². The summed E-state index contributed by atoms with van der Waals surface area (Å²) in [6.45, 7) is 2.41. The molecule has 0 atom stereocenters. The first-order chi connectivity index (χ1) is 11.1. The Morgan fingerprint density at radius 2 is 2.13 bits per heavy atom. The van der Waals surface area contributed by atoms with E-state index in [2.05, 4.69) is 26.8 Å². The van der Waals surface area contributed by atoms with Gasteiger partial charge in [-0.15, -0.1) is 6.42 Å². The van der Waals surface area contributed by atoms with Gasteiger partial charge in [-0.2, -0.15) is 4.99 Å². The average Bonchev–Trinajstić information content (AvgIpc) is 2.86. The van der Waals surface area contributed by atoms with Crippen LogP contribution in [0.1, 0.15) is 15.9 Å². The van der Waals surface area contributed by atoms with Crippen LogP contribution in [-0.4, -0.2) is 10.5 Å². The number of carbonyl (C=O) groups excluding carboxylic acids is 1. The van der Waals surface area contributed by atoms with Crippen LogP contribution < -0.4 is 4.80 Å². The fourth-order valence-electron chi connectivity index (χ4n) is 2.40. The van der Waals surface area contributed by atoms with E-state index >= 15 is 0 Å². The fourth-order valence-corrected chi connectivity index (χ4v) is 3.91. The van der Waals surface area contributed by atoms with Crippen LogP contribution in [0, 0.1) is 19.3 Å². The minimum atomic E-state index is -0.277. The Morgan fingerprint density at radius 3 is 2.87 bits per heavy atom. The van der Waals surface area contributed by atoms with Crippen LogP contribution in [0.25, 0.3) is 10.2 Å². The van der Waals surface area contributed by atoms with Crippen molar-refractivity contribution in [3.63, 3.8) is 0 Å². The van der Waals surface area contributed by atoms with Gasteiger partial charge in [0.25, 0.3) is 5.91 Å². The van der Waals surface area contributed by atoms with Gasteiger partial charge in [0.1, 0.15) is 0 Å². The van der Waals surface area contributed by atoms with E-state index in [4.69, 9.17) is 6.42 Å². The maximum absolute atomic E-state index is 12.4. The SMILES string of the molecule is C#CCn1c(=NC(=O)c2cccc(Br)c2)sc2cccc(C)c21. The van der Waals surface area contributed by atoms with Gasteiger partial charge in [0.15, 0.2) is 4.80 Å². The van der Waals surface area contributed by atoms with Gasteiger partial charge >= 0.3 is 0 Å². The van der Waals surface area contributed by atoms with E-state index in [0.29, 0.717) is 16.9 Å². The van der Waals surface area contributed by atoms with Gasteiger partial charge < -0.3 is 4.57 Å². The topological polar surface area (TPSA) is 34.4 Å². The first-order valence-corrected chi connectivity index (χ1v) is 8.58. The zero-order chi connectivity index (χ0) is 16.4. The molecule has 5 heteroatoms. The molecule has 0 saturated carbocycles. The van der Waals surface area contributed by atoms with Crippen molar-refractivity contribution >= 4 is 43.4 Å². The molecule has 3 rings (SSSR count). The second-order valence-electron chi connectivity index (χ2n) is 5.02. The summed E-state index contributed by atoms with van der Waals surface area (Å²) in [7, 11) is 0. The number of fused-ring (bicyclic) bond motifs is 1. The normalized spacial score (nSPS) is 11.6. The third kappa shape index (κ3) is 3.14. The van der Waals surface area contributed by atoms with Gasteiger partial charge in [0, 0.05) is 10.0 Å². The van der Waals surface area contributed by atoms with E-state index in [9.17, 15) is 4.79 Å². The standard InChI is InChI=1S/C18H13BrN2OS/c1-3-10-21-16-12(2)6-4-9-15(16)23-18(21)20-17(22)13-7-5-8-14(19)11-13/h1,4-9,11H,10H2,2H3. The number of benzene rings is 2. The van der Waals surface area contributed by atoms with E-state index in [1.165, 1.54) is 11.3 Å². The minimum absolute atomic E-state index is 0.277. The van der Waals surface area contributed by atoms with Crippen molar-refractivity contribution in [1.29, 1.82) is 0 Å². The summed E-state index contributed by atoms with van der Waals surface area (Å²) in [6.07, 6.45) is 5.49. The lowest BCUT2D eigenvalue weighted by Crippen LogP contribution is -2.16. The van der Waals surface area contributed by atoms with Crippen LogP contribution in [0.15, 0.2) is 51.9 Å². The summed E-state index contributed by atoms with van der Waals surface area (Å²) in [5, 5.41) is 0. The molecule has 0 unspecified atom stereocenters. The molecule has 3 nitrogen and oxygen atoms in total. The average molecular weight is 385 g/mol. The van der Waals surface area contributed by atoms with Gasteiger partial charge in [0.05, 0.1) is 16.8 Å². The third-order valence-electron chi connectivity index (χ3n) is 3.42. The van der Waals surface area contributed by atoms with Crippen LogP contribution in [0.4, 0.5) is 0 Å². The Morgan fingerprint density at radius 1 is 1.35 bits per heavy atom. The van der Waals surface area contributed by atoms with Gasteiger partial charge in [-0.3, -0.25) is 4.79 Å². The first kappa shape index (κ1) is 15.7. The molecule has 2 aromatic carbocycles. The highest BCUT2D eigenvalue weighted by Gasteiger charge is 2.10. The van der Waals surface area contributed by atoms with Crippen LogP contribution >= 0.6 is 27.3 Å². The smallest absolute Gasteiger partial charge is 0.279 e. The summed E-state index contributed by atoms with van der Waals surface area (Å²) in [6, 6.07) is 13.2. The number of carbonyl (C=O) groups is 1. The summed E-state index contributed by atoms with van der Waals surface area (Å²) in [5.74, 6) is 2.37. The molecule has 0 N–H and O–H groups in total. The van der Waals surface area contributed by atoms with E-state index in [1.807, 2.05) is 41.8 Å². The Balaban J connectivity index is 2.19. The highest BCUT2D eigenvalue weighted by molar-refractivity contribution is 9.10. The van der Waals surface area contributed by atoms with E-state index < -0.39 is 0 Å². The number of aromatic nitrogens is 1. The lowest BCUT2D eigenvalue weighted by molar-refractivity contribution is 0.0998. The molecule has 1 aromatic heterocycles. The molecule has 1 amide bonds. The summed E-state index contributed by atoms with van der Waals surface area (Å²) >= 11 is 4.84. The predicted octanol–water partition coefficient (Wildman–Crippen LogP) is 4.15. The molecule has 1 heterocycles. The highest BCUT2D eigenvalue weighted by Crippen LogP contribution is 2.21. The zero-order valence-electron chi connectivity index (χ0n) is 12.4. The summed E-state index contributed by atoms with van der Waals surface area (Å²) < 4.78 is 3.84. The molecule has 0 aliphatic rings. The van der Waals surface area contributed by atoms with Gasteiger partial charge in [-0.05, 0) is 36.8 Å². The molecule has 3 aromatic rings. The van der Waals surface area contributed by atoms with E-state index in [-0.39, 0.29) is 5.91 Å². The second kappa shape index (κ2) is 6.53. The number of rotatable bonds is 2. The monoisotopic (exact) mass is 384 g/mol. The number of para-hydroxylation sites is 1.